The van der Waals surface area contributed by atoms with Gasteiger partial charge in [0, 0.05) is 5.56 Å². The second-order valence-electron chi connectivity index (χ2n) is 2.89. The van der Waals surface area contributed by atoms with Gasteiger partial charge in [-0.25, -0.2) is 8.78 Å². The van der Waals surface area contributed by atoms with Gasteiger partial charge in [-0.2, -0.15) is 0 Å². The van der Waals surface area contributed by atoms with Crippen molar-refractivity contribution in [3.05, 3.63) is 29.3 Å². The standard InChI is InChI=1S/C9H5F2NO2/c10-8(11)4-1-2-5-6(3-4)12-9(14)7(5)13/h1-3,8H,(H,12,13,14). The Morgan fingerprint density at radius 1 is 1.21 bits per heavy atom. The maximum absolute atomic E-state index is 12.2. The minimum atomic E-state index is -2.60. The molecule has 0 atom stereocenters. The topological polar surface area (TPSA) is 46.2 Å². The molecule has 5 heteroatoms. The fraction of sp³-hybridized carbons (Fsp3) is 0.111. The SMILES string of the molecule is O=C1Nc2cc(C(F)F)ccc2C1=O. The number of benzene rings is 1. The van der Waals surface area contributed by atoms with Crippen LogP contribution in [0.5, 0.6) is 0 Å². The highest BCUT2D eigenvalue weighted by Gasteiger charge is 2.28. The van der Waals surface area contributed by atoms with Crippen LogP contribution in [0.15, 0.2) is 18.2 Å². The number of Topliss-reactive ketones (excluding diaryl/α,β-unsaturated/α-hetero) is 1. The quantitative estimate of drug-likeness (QED) is 0.697. The molecule has 1 N–H and O–H groups in total. The van der Waals surface area contributed by atoms with Gasteiger partial charge in [0.1, 0.15) is 0 Å². The molecule has 0 unspecified atom stereocenters. The Hall–Kier alpha value is -1.78. The number of amides is 1. The molecule has 3 nitrogen and oxygen atoms in total. The zero-order valence-electron chi connectivity index (χ0n) is 6.88. The van der Waals surface area contributed by atoms with Crippen LogP contribution in [0.3, 0.4) is 0 Å². The number of carbonyl (C=O) groups is 2. The van der Waals surface area contributed by atoms with Crippen molar-refractivity contribution in [2.45, 2.75) is 6.43 Å². The normalized spacial score (nSPS) is 14.5. The monoisotopic (exact) mass is 197 g/mol. The third-order valence-electron chi connectivity index (χ3n) is 1.99. The maximum Gasteiger partial charge on any atom is 0.296 e. The first-order valence-corrected chi connectivity index (χ1v) is 3.87. The van der Waals surface area contributed by atoms with E-state index in [2.05, 4.69) is 5.32 Å². The fourth-order valence-electron chi connectivity index (χ4n) is 1.30. The average molecular weight is 197 g/mol. The number of fused-ring (bicyclic) bond motifs is 1. The first-order chi connectivity index (χ1) is 6.59. The van der Waals surface area contributed by atoms with E-state index in [4.69, 9.17) is 0 Å². The minimum absolute atomic E-state index is 0.152. The molecule has 0 fully saturated rings. The molecule has 2 rings (SSSR count). The molecule has 0 radical (unpaired) electrons. The molecule has 1 amide bonds. The van der Waals surface area contributed by atoms with Crippen LogP contribution in [0, 0.1) is 0 Å². The van der Waals surface area contributed by atoms with E-state index in [9.17, 15) is 18.4 Å². The second kappa shape index (κ2) is 2.87. The largest absolute Gasteiger partial charge is 0.318 e. The number of nitrogens with one attached hydrogen (secondary N) is 1. The Morgan fingerprint density at radius 2 is 1.93 bits per heavy atom. The number of anilines is 1. The van der Waals surface area contributed by atoms with Gasteiger partial charge in [-0.3, -0.25) is 9.59 Å². The molecule has 14 heavy (non-hydrogen) atoms. The Morgan fingerprint density at radius 3 is 2.57 bits per heavy atom. The van der Waals surface area contributed by atoms with Gasteiger partial charge >= 0.3 is 0 Å². The molecule has 0 aromatic heterocycles. The van der Waals surface area contributed by atoms with Crippen molar-refractivity contribution in [2.24, 2.45) is 0 Å². The van der Waals surface area contributed by atoms with Crippen molar-refractivity contribution in [2.75, 3.05) is 5.32 Å². The van der Waals surface area contributed by atoms with Gasteiger partial charge in [-0.15, -0.1) is 0 Å². The lowest BCUT2D eigenvalue weighted by molar-refractivity contribution is -0.112. The van der Waals surface area contributed by atoms with Crippen LogP contribution in [-0.4, -0.2) is 11.7 Å². The van der Waals surface area contributed by atoms with Crippen molar-refractivity contribution in [1.82, 2.24) is 0 Å². The molecular formula is C9H5F2NO2. The van der Waals surface area contributed by atoms with Crippen LogP contribution in [0.2, 0.25) is 0 Å². The number of hydrogen-bond acceptors (Lipinski definition) is 2. The molecule has 1 heterocycles. The van der Waals surface area contributed by atoms with Crippen LogP contribution in [-0.2, 0) is 4.79 Å². The fourth-order valence-corrected chi connectivity index (χ4v) is 1.30. The number of hydrogen-bond donors (Lipinski definition) is 1. The molecule has 0 spiro atoms. The molecule has 1 aliphatic heterocycles. The lowest BCUT2D eigenvalue weighted by atomic mass is 10.1. The van der Waals surface area contributed by atoms with Gasteiger partial charge in [0.05, 0.1) is 11.3 Å². The number of alkyl halides is 2. The summed E-state index contributed by atoms with van der Waals surface area (Å²) in [5, 5.41) is 2.22. The van der Waals surface area contributed by atoms with E-state index in [0.717, 1.165) is 12.1 Å². The van der Waals surface area contributed by atoms with E-state index < -0.39 is 18.1 Å². The zero-order chi connectivity index (χ0) is 10.3. The smallest absolute Gasteiger partial charge is 0.296 e. The van der Waals surface area contributed by atoms with Gasteiger partial charge in [-0.1, -0.05) is 6.07 Å². The number of rotatable bonds is 1. The van der Waals surface area contributed by atoms with Crippen LogP contribution < -0.4 is 5.32 Å². The van der Waals surface area contributed by atoms with Crippen molar-refractivity contribution in [1.29, 1.82) is 0 Å². The van der Waals surface area contributed by atoms with Gasteiger partial charge in [0.2, 0.25) is 0 Å². The molecule has 1 aromatic carbocycles. The Kier molecular flexibility index (Phi) is 1.80. The van der Waals surface area contributed by atoms with Crippen molar-refractivity contribution >= 4 is 17.4 Å². The summed E-state index contributed by atoms with van der Waals surface area (Å²) in [6, 6.07) is 3.49. The maximum atomic E-state index is 12.2. The number of ketones is 1. The minimum Gasteiger partial charge on any atom is -0.318 e. The molecule has 0 bridgehead atoms. The number of halogens is 2. The summed E-state index contributed by atoms with van der Waals surface area (Å²) in [7, 11) is 0. The summed E-state index contributed by atoms with van der Waals surface area (Å²) >= 11 is 0. The highest BCUT2D eigenvalue weighted by Crippen LogP contribution is 2.28. The van der Waals surface area contributed by atoms with Crippen LogP contribution >= 0.6 is 0 Å². The van der Waals surface area contributed by atoms with E-state index in [1.807, 2.05) is 0 Å². The van der Waals surface area contributed by atoms with E-state index >= 15 is 0 Å². The van der Waals surface area contributed by atoms with E-state index in [0.29, 0.717) is 0 Å². The van der Waals surface area contributed by atoms with Gasteiger partial charge in [0.25, 0.3) is 18.1 Å². The average Bonchev–Trinajstić information content (AvgIpc) is 2.42. The molecular weight excluding hydrogens is 192 g/mol. The summed E-state index contributed by atoms with van der Waals surface area (Å²) in [5.74, 6) is -1.45. The van der Waals surface area contributed by atoms with Crippen LogP contribution in [0.25, 0.3) is 0 Å². The molecule has 1 aliphatic rings. The predicted molar refractivity (Wildman–Crippen MR) is 44.4 cm³/mol. The predicted octanol–water partition coefficient (Wildman–Crippen LogP) is 1.76. The Bertz CT molecular complexity index is 429. The second-order valence-corrected chi connectivity index (χ2v) is 2.89. The first-order valence-electron chi connectivity index (χ1n) is 3.87. The molecule has 0 saturated heterocycles. The van der Waals surface area contributed by atoms with E-state index in [1.165, 1.54) is 6.07 Å². The van der Waals surface area contributed by atoms with Crippen molar-refractivity contribution in [3.63, 3.8) is 0 Å². The Labute approximate surface area is 77.7 Å². The van der Waals surface area contributed by atoms with Gasteiger partial charge in [-0.05, 0) is 12.1 Å². The molecule has 1 aromatic rings. The third-order valence-corrected chi connectivity index (χ3v) is 1.99. The number of carbonyl (C=O) groups excluding carboxylic acids is 2. The zero-order valence-corrected chi connectivity index (χ0v) is 6.88. The molecule has 72 valence electrons. The first kappa shape index (κ1) is 8.80. The molecule has 0 aliphatic carbocycles. The third kappa shape index (κ3) is 1.17. The highest BCUT2D eigenvalue weighted by atomic mass is 19.3. The van der Waals surface area contributed by atoms with E-state index in [-0.39, 0.29) is 16.8 Å². The summed E-state index contributed by atoms with van der Waals surface area (Å²) in [5.41, 5.74) is 0.107. The lowest BCUT2D eigenvalue weighted by Gasteiger charge is -2.01. The lowest BCUT2D eigenvalue weighted by Crippen LogP contribution is -2.12. The van der Waals surface area contributed by atoms with Gasteiger partial charge in [0.15, 0.2) is 0 Å². The molecule has 0 saturated carbocycles. The summed E-state index contributed by atoms with van der Waals surface area (Å²) in [6.07, 6.45) is -2.60. The highest BCUT2D eigenvalue weighted by molar-refractivity contribution is 6.51. The van der Waals surface area contributed by atoms with Crippen LogP contribution in [0.4, 0.5) is 14.5 Å². The van der Waals surface area contributed by atoms with Gasteiger partial charge < -0.3 is 5.32 Å². The van der Waals surface area contributed by atoms with Crippen LogP contribution in [0.1, 0.15) is 22.3 Å². The van der Waals surface area contributed by atoms with Crippen molar-refractivity contribution < 1.29 is 18.4 Å². The van der Waals surface area contributed by atoms with Crippen molar-refractivity contribution in [3.8, 4) is 0 Å². The Balaban J connectivity index is 2.49. The summed E-state index contributed by atoms with van der Waals surface area (Å²) in [6.45, 7) is 0. The van der Waals surface area contributed by atoms with E-state index in [1.54, 1.807) is 0 Å². The summed E-state index contributed by atoms with van der Waals surface area (Å²) < 4.78 is 24.5. The summed E-state index contributed by atoms with van der Waals surface area (Å²) in [4.78, 5) is 21.9.